The molecule has 0 spiro atoms. The molecule has 0 radical (unpaired) electrons. The first-order chi connectivity index (χ1) is 8.56. The summed E-state index contributed by atoms with van der Waals surface area (Å²) in [5.41, 5.74) is 3.38. The number of nitrogens with one attached hydrogen (secondary N) is 2. The molecule has 4 nitrogen and oxygen atoms in total. The van der Waals surface area contributed by atoms with Crippen LogP contribution in [0.25, 0.3) is 0 Å². The number of aryl methyl sites for hydroxylation is 4. The largest absolute Gasteiger partial charge is 0.310 e. The van der Waals surface area contributed by atoms with Gasteiger partial charge >= 0.3 is 5.56 Å². The maximum Gasteiger partial charge on any atom is 0.310 e. The van der Waals surface area contributed by atoms with Crippen molar-refractivity contribution < 1.29 is 0 Å². The fourth-order valence-electron chi connectivity index (χ4n) is 1.93. The molecule has 4 heteroatoms. The average molecular weight is 244 g/mol. The monoisotopic (exact) mass is 244 g/mol. The molecule has 0 saturated carbocycles. The lowest BCUT2D eigenvalue weighted by atomic mass is 10.0. The lowest BCUT2D eigenvalue weighted by Gasteiger charge is -2.07. The Hall–Kier alpha value is -2.10. The van der Waals surface area contributed by atoms with Crippen molar-refractivity contribution in [2.24, 2.45) is 0 Å². The van der Waals surface area contributed by atoms with Gasteiger partial charge in [0.15, 0.2) is 0 Å². The lowest BCUT2D eigenvalue weighted by Crippen LogP contribution is -2.27. The molecule has 2 rings (SSSR count). The summed E-state index contributed by atoms with van der Waals surface area (Å²) in [5.74, 6) is 0. The highest BCUT2D eigenvalue weighted by molar-refractivity contribution is 5.31. The molecule has 1 aromatic carbocycles. The summed E-state index contributed by atoms with van der Waals surface area (Å²) >= 11 is 0. The lowest BCUT2D eigenvalue weighted by molar-refractivity contribution is 0.834. The van der Waals surface area contributed by atoms with Crippen LogP contribution in [0.5, 0.6) is 0 Å². The maximum atomic E-state index is 11.2. The zero-order valence-electron chi connectivity index (χ0n) is 10.5. The van der Waals surface area contributed by atoms with Crippen molar-refractivity contribution in [3.8, 4) is 0 Å². The van der Waals surface area contributed by atoms with Gasteiger partial charge in [-0.2, -0.15) is 0 Å². The summed E-state index contributed by atoms with van der Waals surface area (Å²) in [6.07, 6.45) is 1.55. The third-order valence-electron chi connectivity index (χ3n) is 3.03. The Kier molecular flexibility index (Phi) is 3.46. The van der Waals surface area contributed by atoms with E-state index in [0.717, 1.165) is 12.1 Å². The van der Waals surface area contributed by atoms with Gasteiger partial charge in [0.05, 0.1) is 0 Å². The van der Waals surface area contributed by atoms with E-state index < -0.39 is 11.0 Å². The minimum absolute atomic E-state index is 0.496. The van der Waals surface area contributed by atoms with Crippen molar-refractivity contribution in [3.63, 3.8) is 0 Å². The molecular weight excluding hydrogens is 228 g/mol. The topological polar surface area (TPSA) is 65.7 Å². The van der Waals surface area contributed by atoms with Gasteiger partial charge in [0, 0.05) is 11.8 Å². The Morgan fingerprint density at radius 3 is 2.50 bits per heavy atom. The van der Waals surface area contributed by atoms with Gasteiger partial charge in [0.2, 0.25) is 5.43 Å². The van der Waals surface area contributed by atoms with Gasteiger partial charge in [-0.05, 0) is 37.8 Å². The molecule has 18 heavy (non-hydrogen) atoms. The molecule has 0 aliphatic carbocycles. The third-order valence-corrected chi connectivity index (χ3v) is 3.03. The van der Waals surface area contributed by atoms with Crippen LogP contribution in [0.2, 0.25) is 0 Å². The molecule has 0 aliphatic heterocycles. The van der Waals surface area contributed by atoms with Crippen molar-refractivity contribution in [1.82, 2.24) is 10.2 Å². The molecule has 0 amide bonds. The van der Waals surface area contributed by atoms with E-state index in [-0.39, 0.29) is 0 Å². The number of aromatic nitrogens is 2. The van der Waals surface area contributed by atoms with Crippen molar-refractivity contribution in [2.75, 3.05) is 0 Å². The van der Waals surface area contributed by atoms with Gasteiger partial charge in [-0.1, -0.05) is 23.8 Å². The van der Waals surface area contributed by atoms with E-state index >= 15 is 0 Å². The first-order valence-corrected chi connectivity index (χ1v) is 5.93. The standard InChI is InChI=1S/C14H16N2O2/c1-9-3-4-10(2)11(7-9)5-6-12-8-13(17)14(18)16-15-12/h3-4,7-8H,5-6H2,1-2H3,(H,15,17)(H,16,18). The second kappa shape index (κ2) is 5.04. The molecule has 94 valence electrons. The van der Waals surface area contributed by atoms with Crippen LogP contribution in [0.15, 0.2) is 33.9 Å². The van der Waals surface area contributed by atoms with E-state index in [4.69, 9.17) is 0 Å². The highest BCUT2D eigenvalue weighted by atomic mass is 16.2. The number of hydrogen-bond acceptors (Lipinski definition) is 2. The van der Waals surface area contributed by atoms with Crippen molar-refractivity contribution in [1.29, 1.82) is 0 Å². The minimum Gasteiger partial charge on any atom is -0.302 e. The summed E-state index contributed by atoms with van der Waals surface area (Å²) in [6, 6.07) is 7.70. The van der Waals surface area contributed by atoms with Crippen LogP contribution in [0.4, 0.5) is 0 Å². The van der Waals surface area contributed by atoms with Crippen LogP contribution in [-0.4, -0.2) is 10.2 Å². The second-order valence-electron chi connectivity index (χ2n) is 4.54. The molecular formula is C14H16N2O2. The van der Waals surface area contributed by atoms with Crippen LogP contribution < -0.4 is 11.0 Å². The van der Waals surface area contributed by atoms with E-state index in [1.807, 2.05) is 0 Å². The van der Waals surface area contributed by atoms with Gasteiger partial charge in [0.1, 0.15) is 0 Å². The number of benzene rings is 1. The Bertz CT molecular complexity index is 668. The predicted octanol–water partition coefficient (Wildman–Crippen LogP) is 1.47. The zero-order chi connectivity index (χ0) is 13.1. The van der Waals surface area contributed by atoms with Gasteiger partial charge in [-0.25, -0.2) is 0 Å². The molecule has 2 aromatic rings. The first kappa shape index (κ1) is 12.4. The highest BCUT2D eigenvalue weighted by Crippen LogP contribution is 2.12. The molecule has 0 atom stereocenters. The number of H-pyrrole nitrogens is 2. The Morgan fingerprint density at radius 2 is 1.78 bits per heavy atom. The highest BCUT2D eigenvalue weighted by Gasteiger charge is 2.02. The smallest absolute Gasteiger partial charge is 0.302 e. The van der Waals surface area contributed by atoms with Crippen molar-refractivity contribution in [3.05, 3.63) is 67.2 Å². The number of aromatic amines is 2. The molecule has 0 bridgehead atoms. The van der Waals surface area contributed by atoms with E-state index in [2.05, 4.69) is 42.2 Å². The van der Waals surface area contributed by atoms with E-state index in [1.54, 1.807) is 0 Å². The van der Waals surface area contributed by atoms with Crippen LogP contribution in [0.3, 0.4) is 0 Å². The summed E-state index contributed by atoms with van der Waals surface area (Å²) in [6.45, 7) is 4.13. The summed E-state index contributed by atoms with van der Waals surface area (Å²) < 4.78 is 0. The molecule has 0 unspecified atom stereocenters. The maximum absolute atomic E-state index is 11.2. The molecule has 2 N–H and O–H groups in total. The fourth-order valence-corrected chi connectivity index (χ4v) is 1.93. The normalized spacial score (nSPS) is 10.6. The first-order valence-electron chi connectivity index (χ1n) is 5.93. The van der Waals surface area contributed by atoms with Crippen LogP contribution in [0.1, 0.15) is 22.4 Å². The number of hydrogen-bond donors (Lipinski definition) is 2. The van der Waals surface area contributed by atoms with Gasteiger partial charge < -0.3 is 5.10 Å². The minimum atomic E-state index is -0.606. The van der Waals surface area contributed by atoms with E-state index in [1.165, 1.54) is 22.8 Å². The summed E-state index contributed by atoms with van der Waals surface area (Å²) in [5, 5.41) is 5.08. The summed E-state index contributed by atoms with van der Waals surface area (Å²) in [7, 11) is 0. The third kappa shape index (κ3) is 2.77. The molecule has 1 heterocycles. The molecule has 0 aliphatic rings. The second-order valence-corrected chi connectivity index (χ2v) is 4.54. The SMILES string of the molecule is Cc1ccc(C)c(CCc2cc(=O)c(=O)[nH][nH]2)c1. The fraction of sp³-hybridized carbons (Fsp3) is 0.286. The molecule has 1 aromatic heterocycles. The zero-order valence-corrected chi connectivity index (χ0v) is 10.5. The quantitative estimate of drug-likeness (QED) is 0.803. The molecule has 0 fully saturated rings. The van der Waals surface area contributed by atoms with E-state index in [0.29, 0.717) is 6.42 Å². The van der Waals surface area contributed by atoms with Gasteiger partial charge in [-0.15, -0.1) is 0 Å². The average Bonchev–Trinajstić information content (AvgIpc) is 2.34. The van der Waals surface area contributed by atoms with Crippen molar-refractivity contribution >= 4 is 0 Å². The number of rotatable bonds is 3. The Morgan fingerprint density at radius 1 is 1.00 bits per heavy atom. The Labute approximate surface area is 105 Å². The Balaban J connectivity index is 2.16. The van der Waals surface area contributed by atoms with Crippen molar-refractivity contribution in [2.45, 2.75) is 26.7 Å². The van der Waals surface area contributed by atoms with Gasteiger partial charge in [0.25, 0.3) is 0 Å². The summed E-state index contributed by atoms with van der Waals surface area (Å²) in [4.78, 5) is 22.2. The predicted molar refractivity (Wildman–Crippen MR) is 71.0 cm³/mol. The van der Waals surface area contributed by atoms with Gasteiger partial charge in [-0.3, -0.25) is 14.7 Å². The van der Waals surface area contributed by atoms with Crippen LogP contribution in [-0.2, 0) is 12.8 Å². The van der Waals surface area contributed by atoms with Crippen LogP contribution >= 0.6 is 0 Å². The van der Waals surface area contributed by atoms with E-state index in [9.17, 15) is 9.59 Å². The molecule has 0 saturated heterocycles. The van der Waals surface area contributed by atoms with Crippen LogP contribution in [0, 0.1) is 13.8 Å².